The van der Waals surface area contributed by atoms with Crippen molar-refractivity contribution in [3.63, 3.8) is 0 Å². The molecule has 0 aromatic heterocycles. The van der Waals surface area contributed by atoms with Crippen molar-refractivity contribution in [1.82, 2.24) is 0 Å². The fraction of sp³-hybridized carbons (Fsp3) is 0.278. The summed E-state index contributed by atoms with van der Waals surface area (Å²) < 4.78 is 44.4. The van der Waals surface area contributed by atoms with E-state index in [2.05, 4.69) is 0 Å². The van der Waals surface area contributed by atoms with Crippen LogP contribution in [0.15, 0.2) is 42.5 Å². The van der Waals surface area contributed by atoms with Crippen LogP contribution in [-0.2, 0) is 12.6 Å². The first-order chi connectivity index (χ1) is 11.0. The third-order valence-corrected chi connectivity index (χ3v) is 3.46. The van der Waals surface area contributed by atoms with E-state index in [1.165, 1.54) is 24.3 Å². The van der Waals surface area contributed by atoms with Crippen molar-refractivity contribution in [2.45, 2.75) is 32.4 Å². The van der Waals surface area contributed by atoms with Gasteiger partial charge in [-0.1, -0.05) is 25.5 Å². The van der Waals surface area contributed by atoms with E-state index in [4.69, 9.17) is 4.74 Å². The summed E-state index contributed by atoms with van der Waals surface area (Å²) in [6.07, 6.45) is -1.20. The van der Waals surface area contributed by atoms with Gasteiger partial charge in [0.25, 0.3) is 0 Å². The van der Waals surface area contributed by atoms with Gasteiger partial charge in [-0.25, -0.2) is 0 Å². The lowest BCUT2D eigenvalue weighted by atomic mass is 10.0. The Bertz CT molecular complexity index is 678. The molecular weight excluding hydrogens is 305 g/mol. The third kappa shape index (κ3) is 4.34. The maximum absolute atomic E-state index is 13.0. The number of benzene rings is 2. The Morgan fingerprint density at radius 1 is 1.13 bits per heavy atom. The quantitative estimate of drug-likeness (QED) is 0.642. The number of hydrogen-bond acceptors (Lipinski definition) is 2. The highest BCUT2D eigenvalue weighted by Gasteiger charge is 2.34. The number of rotatable bonds is 6. The minimum absolute atomic E-state index is 0.250. The molecule has 0 amide bonds. The van der Waals surface area contributed by atoms with Crippen LogP contribution in [0.5, 0.6) is 11.5 Å². The predicted octanol–water partition coefficient (Wildman–Crippen LogP) is 5.65. The van der Waals surface area contributed by atoms with E-state index in [1.54, 1.807) is 12.1 Å². The number of aryl methyl sites for hydroxylation is 1. The zero-order chi connectivity index (χ0) is 16.9. The van der Waals surface area contributed by atoms with Crippen LogP contribution in [0.2, 0.25) is 0 Å². The summed E-state index contributed by atoms with van der Waals surface area (Å²) in [6, 6.07) is 9.78. The Balaban J connectivity index is 2.32. The van der Waals surface area contributed by atoms with E-state index in [1.807, 2.05) is 6.92 Å². The molecule has 0 heterocycles. The molecule has 0 aliphatic carbocycles. The second-order valence-electron chi connectivity index (χ2n) is 5.18. The topological polar surface area (TPSA) is 26.3 Å². The van der Waals surface area contributed by atoms with Crippen molar-refractivity contribution in [2.24, 2.45) is 0 Å². The molecule has 122 valence electrons. The molecule has 0 fully saturated rings. The van der Waals surface area contributed by atoms with E-state index < -0.39 is 11.7 Å². The molecule has 0 unspecified atom stereocenters. The van der Waals surface area contributed by atoms with Crippen molar-refractivity contribution in [2.75, 3.05) is 0 Å². The smallest absolute Gasteiger partial charge is 0.419 e. The first kappa shape index (κ1) is 17.1. The average Bonchev–Trinajstić information content (AvgIpc) is 2.52. The number of hydrogen-bond donors (Lipinski definition) is 0. The van der Waals surface area contributed by atoms with Crippen molar-refractivity contribution < 1.29 is 22.7 Å². The fourth-order valence-corrected chi connectivity index (χ4v) is 2.26. The van der Waals surface area contributed by atoms with Gasteiger partial charge in [-0.3, -0.25) is 4.79 Å². The molecule has 0 radical (unpaired) electrons. The number of alkyl halides is 3. The zero-order valence-corrected chi connectivity index (χ0v) is 12.7. The van der Waals surface area contributed by atoms with Crippen LogP contribution in [0.25, 0.3) is 0 Å². The number of halogens is 3. The molecule has 2 aromatic rings. The number of para-hydroxylation sites is 1. The minimum atomic E-state index is -4.48. The minimum Gasteiger partial charge on any atom is -0.457 e. The van der Waals surface area contributed by atoms with Crippen LogP contribution in [-0.4, -0.2) is 6.29 Å². The van der Waals surface area contributed by atoms with Gasteiger partial charge in [0.15, 0.2) is 0 Å². The molecule has 2 nitrogen and oxygen atoms in total. The van der Waals surface area contributed by atoms with Crippen LogP contribution in [0, 0.1) is 0 Å². The predicted molar refractivity (Wildman–Crippen MR) is 82.0 cm³/mol. The van der Waals surface area contributed by atoms with Gasteiger partial charge in [-0.15, -0.1) is 0 Å². The lowest BCUT2D eigenvalue weighted by Gasteiger charge is -2.14. The second kappa shape index (κ2) is 7.31. The maximum atomic E-state index is 13.0. The SMILES string of the molecule is CCCCc1cc(Oc2ccccc2C(F)(F)F)ccc1C=O. The van der Waals surface area contributed by atoms with E-state index in [9.17, 15) is 18.0 Å². The lowest BCUT2D eigenvalue weighted by Crippen LogP contribution is -2.07. The van der Waals surface area contributed by atoms with Crippen molar-refractivity contribution >= 4 is 6.29 Å². The Labute approximate surface area is 132 Å². The highest BCUT2D eigenvalue weighted by molar-refractivity contribution is 5.77. The molecule has 5 heteroatoms. The van der Waals surface area contributed by atoms with Crippen molar-refractivity contribution in [3.05, 3.63) is 59.2 Å². The van der Waals surface area contributed by atoms with Crippen LogP contribution < -0.4 is 4.74 Å². The largest absolute Gasteiger partial charge is 0.457 e. The van der Waals surface area contributed by atoms with E-state index in [-0.39, 0.29) is 5.75 Å². The molecular formula is C18H17F3O2. The number of carbonyl (C=O) groups excluding carboxylic acids is 1. The summed E-state index contributed by atoms with van der Waals surface area (Å²) in [5.41, 5.74) is 0.494. The Hall–Kier alpha value is -2.30. The van der Waals surface area contributed by atoms with E-state index in [0.29, 0.717) is 17.7 Å². The first-order valence-electron chi connectivity index (χ1n) is 7.38. The monoisotopic (exact) mass is 322 g/mol. The number of unbranched alkanes of at least 4 members (excludes halogenated alkanes) is 1. The molecule has 0 spiro atoms. The highest BCUT2D eigenvalue weighted by Crippen LogP contribution is 2.38. The molecule has 2 aromatic carbocycles. The molecule has 0 N–H and O–H groups in total. The first-order valence-corrected chi connectivity index (χ1v) is 7.38. The Morgan fingerprint density at radius 3 is 2.52 bits per heavy atom. The van der Waals surface area contributed by atoms with Gasteiger partial charge in [0.05, 0.1) is 5.56 Å². The Kier molecular flexibility index (Phi) is 5.42. The summed E-state index contributed by atoms with van der Waals surface area (Å²) >= 11 is 0. The molecule has 0 saturated carbocycles. The standard InChI is InChI=1S/C18H17F3O2/c1-2-3-6-13-11-15(10-9-14(13)12-22)23-17-8-5-4-7-16(17)18(19,20)21/h4-5,7-12H,2-3,6H2,1H3. The van der Waals surface area contributed by atoms with E-state index >= 15 is 0 Å². The zero-order valence-electron chi connectivity index (χ0n) is 12.7. The average molecular weight is 322 g/mol. The molecule has 0 atom stereocenters. The molecule has 0 aliphatic heterocycles. The summed E-state index contributed by atoms with van der Waals surface area (Å²) in [6.45, 7) is 2.03. The maximum Gasteiger partial charge on any atom is 0.419 e. The molecule has 23 heavy (non-hydrogen) atoms. The third-order valence-electron chi connectivity index (χ3n) is 3.46. The van der Waals surface area contributed by atoms with Gasteiger partial charge in [0, 0.05) is 5.56 Å². The summed E-state index contributed by atoms with van der Waals surface area (Å²) in [5, 5.41) is 0. The van der Waals surface area contributed by atoms with Gasteiger partial charge in [0.2, 0.25) is 0 Å². The van der Waals surface area contributed by atoms with Crippen molar-refractivity contribution in [1.29, 1.82) is 0 Å². The van der Waals surface area contributed by atoms with Crippen LogP contribution >= 0.6 is 0 Å². The number of aldehydes is 1. The van der Waals surface area contributed by atoms with Crippen LogP contribution in [0.3, 0.4) is 0 Å². The van der Waals surface area contributed by atoms with Gasteiger partial charge < -0.3 is 4.74 Å². The number of carbonyl (C=O) groups is 1. The molecule has 0 saturated heterocycles. The van der Waals surface area contributed by atoms with Crippen molar-refractivity contribution in [3.8, 4) is 11.5 Å². The van der Waals surface area contributed by atoms with Gasteiger partial charge in [-0.05, 0) is 48.7 Å². The van der Waals surface area contributed by atoms with Gasteiger partial charge in [0.1, 0.15) is 17.8 Å². The normalized spacial score (nSPS) is 11.3. The fourth-order valence-electron chi connectivity index (χ4n) is 2.26. The van der Waals surface area contributed by atoms with Crippen LogP contribution in [0.4, 0.5) is 13.2 Å². The Morgan fingerprint density at radius 2 is 1.87 bits per heavy atom. The molecule has 0 aliphatic rings. The summed E-state index contributed by atoms with van der Waals surface area (Å²) in [5.74, 6) is 0.0405. The highest BCUT2D eigenvalue weighted by atomic mass is 19.4. The summed E-state index contributed by atoms with van der Waals surface area (Å²) in [7, 11) is 0. The second-order valence-corrected chi connectivity index (χ2v) is 5.18. The van der Waals surface area contributed by atoms with Crippen LogP contribution in [0.1, 0.15) is 41.3 Å². The van der Waals surface area contributed by atoms with E-state index in [0.717, 1.165) is 30.8 Å². The summed E-state index contributed by atoms with van der Waals surface area (Å²) in [4.78, 5) is 11.1. The molecule has 2 rings (SSSR count). The van der Waals surface area contributed by atoms with Gasteiger partial charge >= 0.3 is 6.18 Å². The number of ether oxygens (including phenoxy) is 1. The molecule has 0 bridgehead atoms. The van der Waals surface area contributed by atoms with Gasteiger partial charge in [-0.2, -0.15) is 13.2 Å². The lowest BCUT2D eigenvalue weighted by molar-refractivity contribution is -0.138.